The van der Waals surface area contributed by atoms with Gasteiger partial charge in [0.05, 0.1) is 110 Å². The van der Waals surface area contributed by atoms with Crippen molar-refractivity contribution in [3.05, 3.63) is 372 Å². The Kier molecular flexibility index (Phi) is 35.4. The first kappa shape index (κ1) is 104. The smallest absolute Gasteiger partial charge is 0.334 e. The second-order valence-electron chi connectivity index (χ2n) is 37.0. The van der Waals surface area contributed by atoms with Gasteiger partial charge in [0, 0.05) is 70.4 Å². The maximum atomic E-state index is 13.6. The number of hydrogen-bond acceptors (Lipinski definition) is 21. The van der Waals surface area contributed by atoms with E-state index in [0.717, 1.165) is 191 Å². The molecule has 7 N–H and O–H groups in total. The van der Waals surface area contributed by atoms with Crippen molar-refractivity contribution in [2.24, 2.45) is 0 Å². The molecule has 36 heteroatoms. The number of allylic oxidation sites excluding steroid dienone is 1. The summed E-state index contributed by atoms with van der Waals surface area (Å²) < 4.78 is 25.3. The van der Waals surface area contributed by atoms with Gasteiger partial charge in [0.2, 0.25) is 11.8 Å². The highest BCUT2D eigenvalue weighted by Gasteiger charge is 2.35. The van der Waals surface area contributed by atoms with Gasteiger partial charge >= 0.3 is 11.9 Å². The van der Waals surface area contributed by atoms with E-state index in [-0.39, 0.29) is 53.2 Å². The fourth-order valence-corrected chi connectivity index (χ4v) is 21.2. The highest BCUT2D eigenvalue weighted by molar-refractivity contribution is 7.72. The molecule has 2 saturated carbocycles. The van der Waals surface area contributed by atoms with E-state index in [1.807, 2.05) is 265 Å². The van der Waals surface area contributed by atoms with Gasteiger partial charge in [-0.1, -0.05) is 295 Å². The van der Waals surface area contributed by atoms with Gasteiger partial charge in [-0.2, -0.15) is 30.6 Å². The first-order chi connectivity index (χ1) is 72.3. The van der Waals surface area contributed by atoms with Crippen molar-refractivity contribution in [1.82, 2.24) is 103 Å². The third-order valence-electron chi connectivity index (χ3n) is 27.4. The number of hydrogen-bond donors (Lipinski definition) is 7. The molecule has 2 saturated heterocycles. The number of carbonyl (C=O) groups is 5. The largest absolute Gasteiger partial charge is 0.510 e. The SMILES string of the molecule is C=C(O)C(c1ccccc1)n1ccc2[nH]ncc2c1=S.CON(C)C(=O)C(c1ccccc1)n1ccc2[nH]ncc2c1=S.O=C(C(c1ccccc1)n1ccc2[nH]ncc2c1=S)N1CCCCCC1.O=C(C(c1ccccc1)n1ccc2[nH]ncc2c1=S)N1CCCCCCC1.O=C(OC1CCCCC1)C(c1ccccc1)n1ccc2[nH]ncc2c1=O.O=C(OC1CCCCC1)C(c1ccccc1)n1ccc2[nH]ncc2c1=S. The van der Waals surface area contributed by atoms with E-state index in [4.69, 9.17) is 75.4 Å². The third kappa shape index (κ3) is 24.5. The molecule has 760 valence electrons. The quantitative estimate of drug-likeness (QED) is 0.0152. The van der Waals surface area contributed by atoms with Crippen LogP contribution in [0, 0.1) is 23.2 Å². The highest BCUT2D eigenvalue weighted by atomic mass is 32.1. The Labute approximate surface area is 879 Å². The van der Waals surface area contributed by atoms with Crippen molar-refractivity contribution in [1.29, 1.82) is 0 Å². The number of benzene rings is 6. The summed E-state index contributed by atoms with van der Waals surface area (Å²) in [5, 5.41) is 57.4. The first-order valence-electron chi connectivity index (χ1n) is 50.0. The average Bonchev–Trinajstić information content (AvgIpc) is 1.35. The standard InChI is InChI=1S/C21H24N4OS.C20H22N4OS.C20H21N3O3.C20H21N3O2S.C16H16N4O2S.C15H13N3OS/c26-20(24-12-7-2-1-3-8-13-24)19(16-9-5-4-6-10-16)25-14-11-18-17(21(25)27)15-22-23-18;25-19(23-11-6-1-2-7-12-23)18(15-8-4-3-5-9-15)24-13-10-17-16(20(24)26)14-21-22-17;24-19-16-13-21-22-17(16)11-12-23(19)18(14-7-3-1-4-8-14)20(25)26-15-9-5-2-6-10-15;24-20(25-15-9-5-2-6-10-15)18(14-7-3-1-4-8-14)23-12-11-17-16(19(23)26)13-21-22-17;1-19(22-2)15(21)14(11-6-4-3-5-7-11)20-9-8-13-12(16(20)23)10-17-18-13;1-10(19)14(11-5-3-2-4-6-11)18-8-7-13-12(15(18)20)9-16-17-13/h4-6,9-11,14-15,19H,1-3,7-8,12-13H2,(H,22,23);3-5,8-10,13-14,18H,1-2,6-7,11-12H2,(H,21,22);2*1,3-4,7-8,11-13,15,18H,2,5-6,9-10H2,(H,21,22);3-10,14H,1-2H3,(H,17,18);2-9,14,19H,1H2,(H,16,17). The molecule has 12 aromatic heterocycles. The van der Waals surface area contributed by atoms with Crippen LogP contribution in [0.25, 0.3) is 65.4 Å². The fraction of sp³-hybridized carbons (Fsp3) is 0.295. The van der Waals surface area contributed by atoms with Gasteiger partial charge in [-0.25, -0.2) is 14.7 Å². The zero-order valence-corrected chi connectivity index (χ0v) is 86.3. The Morgan fingerprint density at radius 3 is 0.851 bits per heavy atom. The maximum absolute atomic E-state index is 13.6. The molecule has 2 aliphatic heterocycles. The number of likely N-dealkylation sites (tertiary alicyclic amines) is 2. The molecule has 6 aromatic carbocycles. The predicted molar refractivity (Wildman–Crippen MR) is 585 cm³/mol. The topological polar surface area (TPSA) is 362 Å². The molecule has 0 spiro atoms. The van der Waals surface area contributed by atoms with Crippen LogP contribution in [0.15, 0.2) is 310 Å². The van der Waals surface area contributed by atoms with Crippen LogP contribution >= 0.6 is 61.1 Å². The molecule has 2 aliphatic carbocycles. The van der Waals surface area contributed by atoms with Crippen molar-refractivity contribution in [3.8, 4) is 0 Å². The Hall–Kier alpha value is -15.2. The van der Waals surface area contributed by atoms with Crippen LogP contribution in [-0.2, 0) is 38.3 Å². The molecule has 0 bridgehead atoms. The molecular formula is C112H117N21O10S5. The lowest BCUT2D eigenvalue weighted by atomic mass is 9.97. The summed E-state index contributed by atoms with van der Waals surface area (Å²) in [4.78, 5) is 88.1. The summed E-state index contributed by atoms with van der Waals surface area (Å²) in [6.45, 7) is 6.97. The van der Waals surface area contributed by atoms with Gasteiger partial charge in [0.15, 0.2) is 12.1 Å². The number of nitrogens with one attached hydrogen (secondary N) is 6. The zero-order chi connectivity index (χ0) is 103. The number of pyridine rings is 6. The normalized spacial score (nSPS) is 15.3. The second kappa shape index (κ2) is 50.3. The summed E-state index contributed by atoms with van der Waals surface area (Å²) in [7, 11) is 3.04. The van der Waals surface area contributed by atoms with E-state index >= 15 is 0 Å². The lowest BCUT2D eigenvalue weighted by Gasteiger charge is -2.30. The molecule has 6 atom stereocenters. The molecule has 31 nitrogen and oxygen atoms in total. The summed E-state index contributed by atoms with van der Waals surface area (Å²) >= 11 is 28.1. The number of rotatable bonds is 21. The minimum atomic E-state index is -0.801. The van der Waals surface area contributed by atoms with Crippen molar-refractivity contribution in [3.63, 3.8) is 0 Å². The fourth-order valence-electron chi connectivity index (χ4n) is 19.6. The lowest BCUT2D eigenvalue weighted by Crippen LogP contribution is -2.39. The van der Waals surface area contributed by atoms with Gasteiger partial charge < -0.3 is 47.2 Å². The average molecular weight is 2080 g/mol. The predicted octanol–water partition coefficient (Wildman–Crippen LogP) is 22.8. The van der Waals surface area contributed by atoms with Crippen LogP contribution in [0.2, 0.25) is 0 Å². The van der Waals surface area contributed by atoms with Crippen LogP contribution in [-0.4, -0.2) is 191 Å². The van der Waals surface area contributed by atoms with Crippen molar-refractivity contribution in [2.75, 3.05) is 40.3 Å². The molecule has 148 heavy (non-hydrogen) atoms. The van der Waals surface area contributed by atoms with Crippen LogP contribution in [0.4, 0.5) is 0 Å². The summed E-state index contributed by atoms with van der Waals surface area (Å²) in [5.41, 5.74) is 10.0. The Morgan fingerprint density at radius 2 is 0.554 bits per heavy atom. The summed E-state index contributed by atoms with van der Waals surface area (Å²) in [6, 6.07) is 65.9. The number of carbonyl (C=O) groups excluding carboxylic acids is 5. The number of esters is 2. The van der Waals surface area contributed by atoms with Crippen LogP contribution in [0.5, 0.6) is 0 Å². The number of aliphatic hydroxyl groups excluding tert-OH is 1. The minimum Gasteiger partial charge on any atom is -0.510 e. The van der Waals surface area contributed by atoms with E-state index in [2.05, 4.69) is 67.8 Å². The molecule has 4 fully saturated rings. The molecule has 18 aromatic rings. The van der Waals surface area contributed by atoms with E-state index in [1.165, 1.54) is 67.9 Å². The Balaban J connectivity index is 0.000000121. The molecule has 22 rings (SSSR count). The molecule has 0 radical (unpaired) electrons. The number of aromatic nitrogens is 18. The molecular weight excluding hydrogens is 1960 g/mol. The van der Waals surface area contributed by atoms with Crippen molar-refractivity contribution >= 4 is 156 Å². The van der Waals surface area contributed by atoms with Crippen molar-refractivity contribution < 1.29 is 43.4 Å². The Bertz CT molecular complexity index is 7790. The highest BCUT2D eigenvalue weighted by Crippen LogP contribution is 2.35. The van der Waals surface area contributed by atoms with Crippen LogP contribution in [0.3, 0.4) is 0 Å². The van der Waals surface area contributed by atoms with Gasteiger partial charge in [0.25, 0.3) is 11.5 Å². The van der Waals surface area contributed by atoms with Gasteiger partial charge in [-0.15, -0.1) is 0 Å². The van der Waals surface area contributed by atoms with E-state index in [9.17, 15) is 33.9 Å². The van der Waals surface area contributed by atoms with E-state index in [1.54, 1.807) is 61.1 Å². The zero-order valence-electron chi connectivity index (χ0n) is 82.2. The van der Waals surface area contributed by atoms with Crippen molar-refractivity contribution in [2.45, 2.75) is 170 Å². The van der Waals surface area contributed by atoms with E-state index in [0.29, 0.717) is 34.1 Å². The summed E-state index contributed by atoms with van der Waals surface area (Å²) in [6.07, 6.45) is 41.7. The number of fused-ring (bicyclic) bond motifs is 6. The lowest BCUT2D eigenvalue weighted by molar-refractivity contribution is -0.171. The second-order valence-corrected chi connectivity index (χ2v) is 38.9. The maximum Gasteiger partial charge on any atom is 0.334 e. The number of nitrogens with zero attached hydrogens (tertiary/aromatic N) is 15. The monoisotopic (exact) mass is 2080 g/mol. The minimum absolute atomic E-state index is 0.00860. The number of aliphatic hydroxyl groups is 1. The van der Waals surface area contributed by atoms with Gasteiger partial charge in [-0.05, 0) is 147 Å². The van der Waals surface area contributed by atoms with Gasteiger partial charge in [0.1, 0.15) is 65.3 Å². The number of H-pyrrole nitrogens is 6. The summed E-state index contributed by atoms with van der Waals surface area (Å²) in [5.74, 6) is -0.540. The number of amides is 3. The number of aromatic amines is 6. The third-order valence-corrected chi connectivity index (χ3v) is 29.5. The van der Waals surface area contributed by atoms with Crippen LogP contribution in [0.1, 0.15) is 192 Å². The molecule has 14 heterocycles. The van der Waals surface area contributed by atoms with Crippen LogP contribution < -0.4 is 5.56 Å². The van der Waals surface area contributed by atoms with E-state index < -0.39 is 36.3 Å². The number of likely N-dealkylation sites (N-methyl/N-ethyl adjacent to an activating group) is 1. The number of ether oxygens (including phenoxy) is 2. The molecule has 6 unspecified atom stereocenters. The molecule has 3 amide bonds. The Morgan fingerprint density at radius 1 is 0.324 bits per heavy atom. The van der Waals surface area contributed by atoms with Gasteiger partial charge in [-0.3, -0.25) is 59.2 Å². The number of hydroxylamine groups is 2. The molecule has 4 aliphatic rings. The first-order valence-corrected chi connectivity index (χ1v) is 52.1.